The van der Waals surface area contributed by atoms with E-state index in [1.54, 1.807) is 0 Å². The Labute approximate surface area is 122 Å². The molecule has 1 amide bonds. The first kappa shape index (κ1) is 13.4. The summed E-state index contributed by atoms with van der Waals surface area (Å²) >= 11 is 1.41. The van der Waals surface area contributed by atoms with Crippen LogP contribution in [0, 0.1) is 5.41 Å². The Bertz CT molecular complexity index is 643. The minimum absolute atomic E-state index is 0.406. The van der Waals surface area contributed by atoms with Gasteiger partial charge in [0.25, 0.3) is 5.91 Å². The van der Waals surface area contributed by atoms with E-state index in [1.807, 2.05) is 24.3 Å². The topological polar surface area (TPSA) is 52.3 Å². The third-order valence-electron chi connectivity index (χ3n) is 4.29. The van der Waals surface area contributed by atoms with E-state index in [9.17, 15) is 4.79 Å². The predicted octanol–water partition coefficient (Wildman–Crippen LogP) is 3.96. The molecule has 1 aromatic carbocycles. The number of hydrogen-bond acceptors (Lipinski definition) is 3. The molecule has 1 aliphatic rings. The highest BCUT2D eigenvalue weighted by atomic mass is 32.1. The van der Waals surface area contributed by atoms with E-state index in [4.69, 9.17) is 10.5 Å². The molecule has 2 aromatic rings. The Morgan fingerprint density at radius 1 is 1.40 bits per heavy atom. The van der Waals surface area contributed by atoms with Gasteiger partial charge >= 0.3 is 0 Å². The van der Waals surface area contributed by atoms with E-state index >= 15 is 0 Å². The number of carbonyl (C=O) groups is 1. The van der Waals surface area contributed by atoms with Crippen molar-refractivity contribution in [3.8, 4) is 5.75 Å². The average Bonchev–Trinajstić information content (AvgIpc) is 2.76. The molecule has 0 radical (unpaired) electrons. The fourth-order valence-corrected chi connectivity index (χ4v) is 3.76. The van der Waals surface area contributed by atoms with Gasteiger partial charge < -0.3 is 10.5 Å². The molecule has 0 bridgehead atoms. The van der Waals surface area contributed by atoms with Gasteiger partial charge in [-0.1, -0.05) is 25.5 Å². The summed E-state index contributed by atoms with van der Waals surface area (Å²) in [6.45, 7) is 2.96. The Morgan fingerprint density at radius 2 is 2.15 bits per heavy atom. The quantitative estimate of drug-likeness (QED) is 0.905. The monoisotopic (exact) mass is 289 g/mol. The summed E-state index contributed by atoms with van der Waals surface area (Å²) in [5.41, 5.74) is 5.89. The number of amides is 1. The van der Waals surface area contributed by atoms with Crippen LogP contribution in [0.5, 0.6) is 5.75 Å². The zero-order valence-electron chi connectivity index (χ0n) is 11.6. The summed E-state index contributed by atoms with van der Waals surface area (Å²) in [5.74, 6) is 0.261. The van der Waals surface area contributed by atoms with Crippen LogP contribution in [0.4, 0.5) is 0 Å². The van der Waals surface area contributed by atoms with E-state index in [1.165, 1.54) is 30.6 Å². The van der Waals surface area contributed by atoms with Crippen LogP contribution < -0.4 is 10.5 Å². The minimum atomic E-state index is -0.406. The van der Waals surface area contributed by atoms with Gasteiger partial charge in [-0.25, -0.2) is 0 Å². The first-order valence-corrected chi connectivity index (χ1v) is 7.85. The molecule has 0 saturated heterocycles. The smallest absolute Gasteiger partial charge is 0.262 e. The Kier molecular flexibility index (Phi) is 3.42. The molecular formula is C16H19NO2S. The highest BCUT2D eigenvalue weighted by Crippen LogP contribution is 2.44. The Hall–Kier alpha value is -1.55. The van der Waals surface area contributed by atoms with Gasteiger partial charge in [-0.2, -0.15) is 0 Å². The molecule has 1 aromatic heterocycles. The number of nitrogens with two attached hydrogens (primary N) is 1. The maximum absolute atomic E-state index is 11.6. The molecule has 0 aliphatic heterocycles. The summed E-state index contributed by atoms with van der Waals surface area (Å²) in [4.78, 5) is 12.1. The van der Waals surface area contributed by atoms with Crippen LogP contribution >= 0.6 is 11.3 Å². The first-order valence-electron chi connectivity index (χ1n) is 7.03. The molecule has 1 heterocycles. The van der Waals surface area contributed by atoms with Crippen LogP contribution in [0.25, 0.3) is 10.1 Å². The first-order chi connectivity index (χ1) is 9.59. The molecule has 20 heavy (non-hydrogen) atoms. The summed E-state index contributed by atoms with van der Waals surface area (Å²) in [6, 6.07) is 7.90. The lowest BCUT2D eigenvalue weighted by Gasteiger charge is -2.38. The molecule has 3 nitrogen and oxygen atoms in total. The van der Waals surface area contributed by atoms with Crippen LogP contribution in [0.1, 0.15) is 42.3 Å². The Morgan fingerprint density at radius 3 is 2.80 bits per heavy atom. The molecule has 106 valence electrons. The number of fused-ring (bicyclic) bond motifs is 1. The highest BCUT2D eigenvalue weighted by Gasteiger charge is 2.31. The number of hydrogen-bond donors (Lipinski definition) is 1. The van der Waals surface area contributed by atoms with Gasteiger partial charge in [0.15, 0.2) is 5.75 Å². The van der Waals surface area contributed by atoms with Crippen LogP contribution in [0.15, 0.2) is 24.3 Å². The van der Waals surface area contributed by atoms with Gasteiger partial charge in [-0.3, -0.25) is 4.79 Å². The lowest BCUT2D eigenvalue weighted by molar-refractivity contribution is 0.0994. The maximum atomic E-state index is 11.6. The van der Waals surface area contributed by atoms with Crippen molar-refractivity contribution in [1.82, 2.24) is 0 Å². The molecule has 2 N–H and O–H groups in total. The molecule has 0 unspecified atom stereocenters. The van der Waals surface area contributed by atoms with Crippen molar-refractivity contribution in [2.75, 3.05) is 6.61 Å². The van der Waals surface area contributed by atoms with Gasteiger partial charge in [0, 0.05) is 10.1 Å². The number of carbonyl (C=O) groups excluding carboxylic acids is 1. The van der Waals surface area contributed by atoms with E-state index in [-0.39, 0.29) is 0 Å². The second-order valence-electron chi connectivity index (χ2n) is 5.88. The van der Waals surface area contributed by atoms with Crippen LogP contribution in [0.3, 0.4) is 0 Å². The lowest BCUT2D eigenvalue weighted by Crippen LogP contribution is -2.27. The molecule has 4 heteroatoms. The normalized spacial score (nSPS) is 16.9. The standard InChI is InChI=1S/C16H19NO2S/c1-16(7-4-8-16)9-10-19-13-11-5-2-3-6-12(11)20-14(13)15(17)18/h2-3,5-6H,4,7-10H2,1H3,(H2,17,18). The number of thiophene rings is 1. The molecule has 0 spiro atoms. The van der Waals surface area contributed by atoms with Crippen molar-refractivity contribution in [3.05, 3.63) is 29.1 Å². The van der Waals surface area contributed by atoms with Gasteiger partial charge in [0.2, 0.25) is 0 Å². The van der Waals surface area contributed by atoms with Gasteiger partial charge in [-0.05, 0) is 36.8 Å². The maximum Gasteiger partial charge on any atom is 0.262 e. The number of rotatable bonds is 5. The second kappa shape index (κ2) is 5.09. The molecule has 1 saturated carbocycles. The fourth-order valence-electron chi connectivity index (χ4n) is 2.76. The van der Waals surface area contributed by atoms with Crippen LogP contribution in [-0.4, -0.2) is 12.5 Å². The number of benzene rings is 1. The van der Waals surface area contributed by atoms with E-state index in [0.717, 1.165) is 16.5 Å². The van der Waals surface area contributed by atoms with E-state index in [2.05, 4.69) is 6.92 Å². The fraction of sp³-hybridized carbons (Fsp3) is 0.438. The van der Waals surface area contributed by atoms with Crippen molar-refractivity contribution in [1.29, 1.82) is 0 Å². The van der Waals surface area contributed by atoms with Crippen molar-refractivity contribution < 1.29 is 9.53 Å². The minimum Gasteiger partial charge on any atom is -0.491 e. The zero-order chi connectivity index (χ0) is 14.2. The third kappa shape index (κ3) is 2.40. The van der Waals surface area contributed by atoms with Crippen LogP contribution in [-0.2, 0) is 0 Å². The Balaban J connectivity index is 1.81. The number of ether oxygens (including phenoxy) is 1. The molecular weight excluding hydrogens is 270 g/mol. The molecule has 0 atom stereocenters. The largest absolute Gasteiger partial charge is 0.491 e. The lowest BCUT2D eigenvalue weighted by atomic mass is 9.68. The molecule has 3 rings (SSSR count). The average molecular weight is 289 g/mol. The van der Waals surface area contributed by atoms with E-state index < -0.39 is 5.91 Å². The summed E-state index contributed by atoms with van der Waals surface area (Å²) in [7, 11) is 0. The van der Waals surface area contributed by atoms with Crippen molar-refractivity contribution >= 4 is 27.3 Å². The third-order valence-corrected chi connectivity index (χ3v) is 5.45. The summed E-state index contributed by atoms with van der Waals surface area (Å²) < 4.78 is 6.98. The van der Waals surface area contributed by atoms with Crippen LogP contribution in [0.2, 0.25) is 0 Å². The van der Waals surface area contributed by atoms with Crippen molar-refractivity contribution in [2.24, 2.45) is 11.1 Å². The van der Waals surface area contributed by atoms with E-state index in [0.29, 0.717) is 22.6 Å². The second-order valence-corrected chi connectivity index (χ2v) is 6.94. The zero-order valence-corrected chi connectivity index (χ0v) is 12.5. The van der Waals surface area contributed by atoms with Gasteiger partial charge in [0.1, 0.15) is 4.88 Å². The molecule has 1 fully saturated rings. The summed E-state index contributed by atoms with van der Waals surface area (Å²) in [5, 5.41) is 0.991. The van der Waals surface area contributed by atoms with Crippen molar-refractivity contribution in [2.45, 2.75) is 32.6 Å². The summed E-state index contributed by atoms with van der Waals surface area (Å²) in [6.07, 6.45) is 4.92. The molecule has 1 aliphatic carbocycles. The SMILES string of the molecule is CC1(CCOc2c(C(N)=O)sc3ccccc23)CCC1. The van der Waals surface area contributed by atoms with Crippen molar-refractivity contribution in [3.63, 3.8) is 0 Å². The van der Waals surface area contributed by atoms with Gasteiger partial charge in [0.05, 0.1) is 6.61 Å². The predicted molar refractivity (Wildman–Crippen MR) is 82.4 cm³/mol. The highest BCUT2D eigenvalue weighted by molar-refractivity contribution is 7.21. The number of primary amides is 1. The van der Waals surface area contributed by atoms with Gasteiger partial charge in [-0.15, -0.1) is 11.3 Å².